The van der Waals surface area contributed by atoms with Crippen LogP contribution < -0.4 is 10.6 Å². The van der Waals surface area contributed by atoms with Gasteiger partial charge in [-0.25, -0.2) is 0 Å². The monoisotopic (exact) mass is 442 g/mol. The van der Waals surface area contributed by atoms with Gasteiger partial charge in [0.05, 0.1) is 12.2 Å². The van der Waals surface area contributed by atoms with E-state index < -0.39 is 0 Å². The van der Waals surface area contributed by atoms with Crippen molar-refractivity contribution < 1.29 is 0 Å². The highest BCUT2D eigenvalue weighted by atomic mass is 127. The number of hydrogen-bond acceptors (Lipinski definition) is 3. The van der Waals surface area contributed by atoms with Gasteiger partial charge in [0.15, 0.2) is 5.96 Å². The summed E-state index contributed by atoms with van der Waals surface area (Å²) in [5, 5.41) is 6.62. The minimum atomic E-state index is 0. The summed E-state index contributed by atoms with van der Waals surface area (Å²) in [5.41, 5.74) is 3.55. The van der Waals surface area contributed by atoms with Crippen LogP contribution in [0.4, 0.5) is 0 Å². The average Bonchev–Trinajstić information content (AvgIpc) is 2.56. The fourth-order valence-electron chi connectivity index (χ4n) is 2.07. The maximum Gasteiger partial charge on any atom is 0.191 e. The van der Waals surface area contributed by atoms with E-state index in [-0.39, 0.29) is 24.0 Å². The summed E-state index contributed by atoms with van der Waals surface area (Å²) in [4.78, 5) is 9.84. The fourth-order valence-corrected chi connectivity index (χ4v) is 2.78. The number of aliphatic imine (C=N–C) groups is 1. The largest absolute Gasteiger partial charge is 0.352 e. The van der Waals surface area contributed by atoms with Crippen molar-refractivity contribution in [1.29, 1.82) is 0 Å². The van der Waals surface area contributed by atoms with Crippen molar-refractivity contribution in [3.8, 4) is 0 Å². The first kappa shape index (κ1) is 19.8. The molecule has 0 amide bonds. The van der Waals surface area contributed by atoms with Crippen molar-refractivity contribution >= 4 is 41.7 Å². The van der Waals surface area contributed by atoms with Gasteiger partial charge in [0.2, 0.25) is 0 Å². The smallest absolute Gasteiger partial charge is 0.191 e. The summed E-state index contributed by atoms with van der Waals surface area (Å²) in [5.74, 6) is 0.776. The maximum absolute atomic E-state index is 4.29. The Labute approximate surface area is 159 Å². The third-order valence-corrected chi connectivity index (χ3v) is 4.10. The van der Waals surface area contributed by atoms with Gasteiger partial charge < -0.3 is 10.6 Å². The predicted octanol–water partition coefficient (Wildman–Crippen LogP) is 3.60. The molecule has 124 valence electrons. The summed E-state index contributed by atoms with van der Waals surface area (Å²) in [6.45, 7) is 3.52. The number of hydrogen-bond donors (Lipinski definition) is 2. The third-order valence-electron chi connectivity index (χ3n) is 3.28. The second kappa shape index (κ2) is 10.5. The Bertz CT molecular complexity index is 632. The predicted molar refractivity (Wildman–Crippen MR) is 110 cm³/mol. The van der Waals surface area contributed by atoms with E-state index in [1.165, 1.54) is 16.0 Å². The lowest BCUT2D eigenvalue weighted by atomic mass is 10.1. The topological polar surface area (TPSA) is 49.3 Å². The van der Waals surface area contributed by atoms with Crippen molar-refractivity contribution in [2.75, 3.05) is 13.3 Å². The van der Waals surface area contributed by atoms with Gasteiger partial charge in [-0.2, -0.15) is 0 Å². The summed E-state index contributed by atoms with van der Waals surface area (Å²) in [6, 6.07) is 12.4. The summed E-state index contributed by atoms with van der Waals surface area (Å²) >= 11 is 1.77. The second-order valence-corrected chi connectivity index (χ2v) is 5.76. The zero-order valence-electron chi connectivity index (χ0n) is 13.7. The minimum absolute atomic E-state index is 0. The molecule has 0 saturated carbocycles. The molecule has 23 heavy (non-hydrogen) atoms. The molecule has 0 aliphatic heterocycles. The lowest BCUT2D eigenvalue weighted by molar-refractivity contribution is 0.788. The molecule has 0 aliphatic rings. The van der Waals surface area contributed by atoms with Gasteiger partial charge in [-0.1, -0.05) is 18.2 Å². The lowest BCUT2D eigenvalue weighted by Gasteiger charge is -2.14. The number of guanidine groups is 1. The van der Waals surface area contributed by atoms with Gasteiger partial charge in [0.1, 0.15) is 0 Å². The summed E-state index contributed by atoms with van der Waals surface area (Å²) < 4.78 is 0. The molecular weight excluding hydrogens is 419 g/mol. The van der Waals surface area contributed by atoms with Crippen molar-refractivity contribution in [1.82, 2.24) is 15.6 Å². The number of nitrogens with one attached hydrogen (secondary N) is 2. The third kappa shape index (κ3) is 6.39. The Morgan fingerprint density at radius 1 is 1.17 bits per heavy atom. The Kier molecular flexibility index (Phi) is 9.01. The number of benzene rings is 1. The molecule has 1 heterocycles. The zero-order chi connectivity index (χ0) is 15.8. The molecular formula is C17H23IN4S. The molecule has 0 radical (unpaired) electrons. The van der Waals surface area contributed by atoms with Crippen LogP contribution in [0.2, 0.25) is 0 Å². The lowest BCUT2D eigenvalue weighted by Crippen LogP contribution is -2.36. The molecule has 6 heteroatoms. The molecule has 1 aromatic carbocycles. The molecule has 0 atom stereocenters. The van der Waals surface area contributed by atoms with Gasteiger partial charge in [-0.15, -0.1) is 35.7 Å². The second-order valence-electron chi connectivity index (χ2n) is 4.92. The number of aryl methyl sites for hydroxylation is 1. The number of nitrogens with zero attached hydrogens (tertiary/aromatic N) is 2. The average molecular weight is 442 g/mol. The van der Waals surface area contributed by atoms with Crippen molar-refractivity contribution in [2.45, 2.75) is 24.9 Å². The maximum atomic E-state index is 4.29. The van der Waals surface area contributed by atoms with Gasteiger partial charge in [-0.3, -0.25) is 9.98 Å². The Hall–Kier alpha value is -1.28. The number of pyridine rings is 1. The normalized spacial score (nSPS) is 10.8. The van der Waals surface area contributed by atoms with Crippen LogP contribution in [-0.4, -0.2) is 24.2 Å². The van der Waals surface area contributed by atoms with E-state index in [9.17, 15) is 0 Å². The molecule has 0 spiro atoms. The zero-order valence-corrected chi connectivity index (χ0v) is 16.8. The number of rotatable bonds is 5. The molecule has 2 aromatic rings. The van der Waals surface area contributed by atoms with E-state index >= 15 is 0 Å². The summed E-state index contributed by atoms with van der Waals surface area (Å²) in [7, 11) is 1.78. The van der Waals surface area contributed by atoms with E-state index in [4.69, 9.17) is 0 Å². The van der Waals surface area contributed by atoms with Gasteiger partial charge >= 0.3 is 0 Å². The van der Waals surface area contributed by atoms with E-state index in [2.05, 4.69) is 52.0 Å². The Morgan fingerprint density at radius 3 is 2.61 bits per heavy atom. The fraction of sp³-hybridized carbons (Fsp3) is 0.294. The molecule has 0 saturated heterocycles. The number of thioether (sulfide) groups is 1. The molecule has 0 aliphatic carbocycles. The molecule has 0 bridgehead atoms. The highest BCUT2D eigenvalue weighted by Crippen LogP contribution is 2.21. The van der Waals surface area contributed by atoms with Crippen LogP contribution in [0.25, 0.3) is 0 Å². The number of aromatic nitrogens is 1. The molecule has 1 aromatic heterocycles. The van der Waals surface area contributed by atoms with Crippen molar-refractivity contribution in [3.63, 3.8) is 0 Å². The van der Waals surface area contributed by atoms with Crippen LogP contribution >= 0.6 is 35.7 Å². The highest BCUT2D eigenvalue weighted by molar-refractivity contribution is 14.0. The Balaban J connectivity index is 0.00000264. The van der Waals surface area contributed by atoms with Crippen LogP contribution in [-0.2, 0) is 13.1 Å². The van der Waals surface area contributed by atoms with Gasteiger partial charge in [0, 0.05) is 24.7 Å². The SMILES string of the molecule is CN=C(NCc1ccccn1)NCc1ccc(C)cc1SC.I. The van der Waals surface area contributed by atoms with E-state index in [1.54, 1.807) is 25.0 Å². The van der Waals surface area contributed by atoms with Gasteiger partial charge in [-0.05, 0) is 42.5 Å². The molecule has 4 nitrogen and oxygen atoms in total. The standard InChI is InChI=1S/C17H22N4S.HI/c1-13-7-8-14(16(10-13)22-3)11-20-17(18-2)21-12-15-6-4-5-9-19-15;/h4-10H,11-12H2,1-3H3,(H2,18,20,21);1H. The van der Waals surface area contributed by atoms with E-state index in [0.717, 1.165) is 18.2 Å². The van der Waals surface area contributed by atoms with Crippen LogP contribution in [0, 0.1) is 6.92 Å². The molecule has 2 N–H and O–H groups in total. The first-order chi connectivity index (χ1) is 10.7. The minimum Gasteiger partial charge on any atom is -0.352 e. The van der Waals surface area contributed by atoms with Crippen molar-refractivity contribution in [2.24, 2.45) is 4.99 Å². The first-order valence-corrected chi connectivity index (χ1v) is 8.43. The molecule has 0 fully saturated rings. The van der Waals surface area contributed by atoms with Gasteiger partial charge in [0.25, 0.3) is 0 Å². The molecule has 2 rings (SSSR count). The van der Waals surface area contributed by atoms with E-state index in [1.807, 2.05) is 18.2 Å². The van der Waals surface area contributed by atoms with E-state index in [0.29, 0.717) is 6.54 Å². The first-order valence-electron chi connectivity index (χ1n) is 7.21. The Morgan fingerprint density at radius 2 is 1.96 bits per heavy atom. The highest BCUT2D eigenvalue weighted by Gasteiger charge is 2.04. The molecule has 0 unspecified atom stereocenters. The van der Waals surface area contributed by atoms with Crippen LogP contribution in [0.3, 0.4) is 0 Å². The quantitative estimate of drug-likeness (QED) is 0.322. The number of halogens is 1. The summed E-state index contributed by atoms with van der Waals surface area (Å²) in [6.07, 6.45) is 3.90. The van der Waals surface area contributed by atoms with Crippen LogP contribution in [0.1, 0.15) is 16.8 Å². The van der Waals surface area contributed by atoms with Crippen LogP contribution in [0.5, 0.6) is 0 Å². The van der Waals surface area contributed by atoms with Crippen LogP contribution in [0.15, 0.2) is 52.5 Å². The van der Waals surface area contributed by atoms with Crippen molar-refractivity contribution in [3.05, 3.63) is 59.4 Å².